The van der Waals surface area contributed by atoms with Gasteiger partial charge in [0.05, 0.1) is 17.7 Å². The van der Waals surface area contributed by atoms with Crippen LogP contribution in [0.1, 0.15) is 25.0 Å². The van der Waals surface area contributed by atoms with Crippen LogP contribution in [-0.4, -0.2) is 23.4 Å². The van der Waals surface area contributed by atoms with Crippen molar-refractivity contribution >= 4 is 11.6 Å². The molecule has 1 unspecified atom stereocenters. The van der Waals surface area contributed by atoms with Crippen molar-refractivity contribution in [3.8, 4) is 5.75 Å². The van der Waals surface area contributed by atoms with Crippen LogP contribution in [0.3, 0.4) is 0 Å². The summed E-state index contributed by atoms with van der Waals surface area (Å²) in [6.45, 7) is 2.12. The minimum absolute atomic E-state index is 0.0778. The monoisotopic (exact) mass is 230 g/mol. The van der Waals surface area contributed by atoms with Gasteiger partial charge in [0.1, 0.15) is 5.75 Å². The minimum atomic E-state index is -0.618. The first-order chi connectivity index (χ1) is 7.16. The Bertz CT molecular complexity index is 313. The molecule has 0 aromatic heterocycles. The van der Waals surface area contributed by atoms with E-state index in [2.05, 4.69) is 0 Å². The van der Waals surface area contributed by atoms with E-state index in [0.717, 1.165) is 0 Å². The van der Waals surface area contributed by atoms with E-state index in [9.17, 15) is 5.11 Å². The lowest BCUT2D eigenvalue weighted by molar-refractivity contribution is 0.187. The summed E-state index contributed by atoms with van der Waals surface area (Å²) in [7, 11) is 0. The van der Waals surface area contributed by atoms with Crippen LogP contribution in [0.25, 0.3) is 0 Å². The van der Waals surface area contributed by atoms with Crippen LogP contribution >= 0.6 is 11.6 Å². The third kappa shape index (κ3) is 3.38. The smallest absolute Gasteiger partial charge is 0.143 e. The third-order valence-corrected chi connectivity index (χ3v) is 2.29. The highest BCUT2D eigenvalue weighted by Gasteiger charge is 2.12. The summed E-state index contributed by atoms with van der Waals surface area (Å²) in [6, 6.07) is 5.25. The third-order valence-electron chi connectivity index (χ3n) is 2.00. The molecule has 84 valence electrons. The molecule has 1 aromatic carbocycles. The number of halogens is 1. The molecule has 15 heavy (non-hydrogen) atoms. The van der Waals surface area contributed by atoms with Gasteiger partial charge in [-0.15, -0.1) is 0 Å². The minimum Gasteiger partial charge on any atom is -0.492 e. The molecule has 0 aliphatic rings. The van der Waals surface area contributed by atoms with E-state index >= 15 is 0 Å². The number of aliphatic hydroxyl groups is 2. The van der Waals surface area contributed by atoms with Gasteiger partial charge in [-0.2, -0.15) is 0 Å². The van der Waals surface area contributed by atoms with Crippen molar-refractivity contribution in [2.45, 2.75) is 19.4 Å². The Balaban J connectivity index is 2.82. The molecule has 0 aliphatic heterocycles. The van der Waals surface area contributed by atoms with Crippen molar-refractivity contribution < 1.29 is 14.9 Å². The van der Waals surface area contributed by atoms with Crippen molar-refractivity contribution in [3.63, 3.8) is 0 Å². The number of hydrogen-bond acceptors (Lipinski definition) is 3. The summed E-state index contributed by atoms with van der Waals surface area (Å²) in [4.78, 5) is 0. The van der Waals surface area contributed by atoms with Gasteiger partial charge in [0.2, 0.25) is 0 Å². The van der Waals surface area contributed by atoms with E-state index in [1.807, 2.05) is 0 Å². The van der Waals surface area contributed by atoms with Gasteiger partial charge in [0, 0.05) is 18.6 Å². The highest BCUT2D eigenvalue weighted by Crippen LogP contribution is 2.32. The van der Waals surface area contributed by atoms with Crippen molar-refractivity contribution in [1.82, 2.24) is 0 Å². The largest absolute Gasteiger partial charge is 0.492 e. The van der Waals surface area contributed by atoms with E-state index in [4.69, 9.17) is 21.4 Å². The van der Waals surface area contributed by atoms with Crippen molar-refractivity contribution in [1.29, 1.82) is 0 Å². The summed E-state index contributed by atoms with van der Waals surface area (Å²) in [6.07, 6.45) is -0.0716. The first kappa shape index (κ1) is 12.3. The molecular formula is C11H15ClO3. The van der Waals surface area contributed by atoms with Gasteiger partial charge >= 0.3 is 0 Å². The predicted octanol–water partition coefficient (Wildman–Crippen LogP) is 2.15. The maximum absolute atomic E-state index is 9.50. The molecule has 0 fully saturated rings. The zero-order valence-corrected chi connectivity index (χ0v) is 9.37. The lowest BCUT2D eigenvalue weighted by Crippen LogP contribution is -2.04. The zero-order valence-electron chi connectivity index (χ0n) is 8.61. The summed E-state index contributed by atoms with van der Waals surface area (Å²) < 4.78 is 5.42. The van der Waals surface area contributed by atoms with Crippen LogP contribution < -0.4 is 4.74 Å². The average Bonchev–Trinajstić information content (AvgIpc) is 2.20. The summed E-state index contributed by atoms with van der Waals surface area (Å²) in [5.74, 6) is 0.502. The first-order valence-corrected chi connectivity index (χ1v) is 5.24. The van der Waals surface area contributed by atoms with E-state index in [-0.39, 0.29) is 6.61 Å². The molecule has 1 atom stereocenters. The Morgan fingerprint density at radius 3 is 2.80 bits per heavy atom. The molecule has 0 radical (unpaired) electrons. The number of ether oxygens (including phenoxy) is 1. The molecule has 0 bridgehead atoms. The quantitative estimate of drug-likeness (QED) is 0.763. The fourth-order valence-electron chi connectivity index (χ4n) is 1.25. The van der Waals surface area contributed by atoms with Gasteiger partial charge in [0.15, 0.2) is 0 Å². The van der Waals surface area contributed by atoms with Gasteiger partial charge in [-0.25, -0.2) is 0 Å². The van der Waals surface area contributed by atoms with Crippen LogP contribution in [0.15, 0.2) is 18.2 Å². The SMILES string of the molecule is CC(O)c1cccc(Cl)c1OCCCO. The second-order valence-corrected chi connectivity index (χ2v) is 3.67. The number of rotatable bonds is 5. The molecule has 0 aliphatic carbocycles. The Hall–Kier alpha value is -0.770. The van der Waals surface area contributed by atoms with Gasteiger partial charge in [-0.3, -0.25) is 0 Å². The molecule has 0 spiro atoms. The maximum Gasteiger partial charge on any atom is 0.143 e. The van der Waals surface area contributed by atoms with Crippen LogP contribution in [0.4, 0.5) is 0 Å². The Morgan fingerprint density at radius 2 is 2.20 bits per heavy atom. The molecule has 4 heteroatoms. The summed E-state index contributed by atoms with van der Waals surface area (Å²) in [5, 5.41) is 18.6. The number of hydrogen-bond donors (Lipinski definition) is 2. The lowest BCUT2D eigenvalue weighted by atomic mass is 10.1. The molecule has 1 aromatic rings. The fourth-order valence-corrected chi connectivity index (χ4v) is 1.48. The number of aliphatic hydroxyl groups excluding tert-OH is 2. The molecule has 3 nitrogen and oxygen atoms in total. The maximum atomic E-state index is 9.50. The van der Waals surface area contributed by atoms with Crippen molar-refractivity contribution in [3.05, 3.63) is 28.8 Å². The second-order valence-electron chi connectivity index (χ2n) is 3.26. The highest BCUT2D eigenvalue weighted by molar-refractivity contribution is 6.32. The molecule has 0 amide bonds. The van der Waals surface area contributed by atoms with Crippen LogP contribution in [0.5, 0.6) is 5.75 Å². The Labute approximate surface area is 94.3 Å². The van der Waals surface area contributed by atoms with Gasteiger partial charge in [-0.05, 0) is 13.0 Å². The van der Waals surface area contributed by atoms with Crippen LogP contribution in [0.2, 0.25) is 5.02 Å². The van der Waals surface area contributed by atoms with E-state index < -0.39 is 6.10 Å². The van der Waals surface area contributed by atoms with Gasteiger partial charge in [-0.1, -0.05) is 23.7 Å². The standard InChI is InChI=1S/C11H15ClO3/c1-8(14)9-4-2-5-10(12)11(9)15-7-3-6-13/h2,4-5,8,13-14H,3,6-7H2,1H3. The zero-order chi connectivity index (χ0) is 11.3. The Morgan fingerprint density at radius 1 is 1.47 bits per heavy atom. The van der Waals surface area contributed by atoms with Crippen molar-refractivity contribution in [2.75, 3.05) is 13.2 Å². The molecule has 1 rings (SSSR count). The summed E-state index contributed by atoms with van der Waals surface area (Å²) in [5.41, 5.74) is 0.667. The average molecular weight is 231 g/mol. The van der Waals surface area contributed by atoms with E-state index in [1.54, 1.807) is 25.1 Å². The Kier molecular flexibility index (Phi) is 4.88. The number of benzene rings is 1. The van der Waals surface area contributed by atoms with Gasteiger partial charge in [0.25, 0.3) is 0 Å². The van der Waals surface area contributed by atoms with Crippen molar-refractivity contribution in [2.24, 2.45) is 0 Å². The fraction of sp³-hybridized carbons (Fsp3) is 0.455. The molecule has 0 saturated carbocycles. The highest BCUT2D eigenvalue weighted by atomic mass is 35.5. The number of para-hydroxylation sites is 1. The van der Waals surface area contributed by atoms with E-state index in [0.29, 0.717) is 29.4 Å². The molecule has 0 saturated heterocycles. The normalized spacial score (nSPS) is 12.5. The first-order valence-electron chi connectivity index (χ1n) is 4.87. The molecular weight excluding hydrogens is 216 g/mol. The van der Waals surface area contributed by atoms with Crippen LogP contribution in [0, 0.1) is 0 Å². The van der Waals surface area contributed by atoms with E-state index in [1.165, 1.54) is 0 Å². The molecule has 0 heterocycles. The van der Waals surface area contributed by atoms with Gasteiger partial charge < -0.3 is 14.9 Å². The lowest BCUT2D eigenvalue weighted by Gasteiger charge is -2.14. The summed E-state index contributed by atoms with van der Waals surface area (Å²) >= 11 is 5.95. The predicted molar refractivity (Wildman–Crippen MR) is 59.3 cm³/mol. The van der Waals surface area contributed by atoms with Crippen LogP contribution in [-0.2, 0) is 0 Å². The molecule has 2 N–H and O–H groups in total. The second kappa shape index (κ2) is 5.95. The topological polar surface area (TPSA) is 49.7 Å².